The first kappa shape index (κ1) is 23.9. The first-order valence-electron chi connectivity index (χ1n) is 12.6. The summed E-state index contributed by atoms with van der Waals surface area (Å²) >= 11 is 6.10. The topological polar surface area (TPSA) is 104 Å². The number of nitrogens with one attached hydrogen (secondary N) is 2. The van der Waals surface area contributed by atoms with Gasteiger partial charge in [0.1, 0.15) is 23.6 Å². The van der Waals surface area contributed by atoms with Crippen LogP contribution in [-0.2, 0) is 16.9 Å². The molecule has 3 aromatic heterocycles. The molecule has 0 radical (unpaired) electrons. The van der Waals surface area contributed by atoms with Crippen molar-refractivity contribution >= 4 is 34.8 Å². The third-order valence-electron chi connectivity index (χ3n) is 7.10. The van der Waals surface area contributed by atoms with Gasteiger partial charge in [-0.05, 0) is 74.3 Å². The second-order valence-corrected chi connectivity index (χ2v) is 11.1. The molecule has 4 aromatic rings. The second kappa shape index (κ2) is 9.11. The van der Waals surface area contributed by atoms with Crippen molar-refractivity contribution < 1.29 is 9.90 Å². The van der Waals surface area contributed by atoms with Crippen molar-refractivity contribution in [1.82, 2.24) is 19.4 Å². The molecule has 3 N–H and O–H groups in total. The van der Waals surface area contributed by atoms with Crippen molar-refractivity contribution in [3.8, 4) is 0 Å². The van der Waals surface area contributed by atoms with E-state index in [1.807, 2.05) is 34.9 Å². The summed E-state index contributed by atoms with van der Waals surface area (Å²) in [4.78, 5) is 26.0. The van der Waals surface area contributed by atoms with Crippen molar-refractivity contribution in [2.24, 2.45) is 5.92 Å². The molecular formula is C28H29ClN6O2. The fourth-order valence-corrected chi connectivity index (χ4v) is 5.06. The van der Waals surface area contributed by atoms with Gasteiger partial charge in [-0.25, -0.2) is 15.0 Å². The lowest BCUT2D eigenvalue weighted by molar-refractivity contribution is -0.117. The Bertz CT molecular complexity index is 1490. The highest BCUT2D eigenvalue weighted by atomic mass is 35.5. The van der Waals surface area contributed by atoms with Crippen molar-refractivity contribution in [3.63, 3.8) is 0 Å². The summed E-state index contributed by atoms with van der Waals surface area (Å²) in [6.45, 7) is 4.03. The van der Waals surface area contributed by atoms with Crippen LogP contribution >= 0.6 is 11.6 Å². The number of hydrogen-bond acceptors (Lipinski definition) is 6. The lowest BCUT2D eigenvalue weighted by Gasteiger charge is -2.19. The SMILES string of the molecule is CC(C)(O)c1cc(C2CC2)cn2cc(CNc3cc(NC(=O)[C@H]4CC4c4cccc(Cl)c4)ncn3)nc12. The van der Waals surface area contributed by atoms with Crippen molar-refractivity contribution in [2.45, 2.75) is 57.1 Å². The standard InChI is InChI=1S/C28H29ClN6O2/c1-28(2,37)23-9-18(16-6-7-16)13-35-14-20(33-26(23)35)12-30-24-11-25(32-15-31-24)34-27(36)22-10-21(22)17-4-3-5-19(29)8-17/h3-5,8-9,11,13-16,21-22,37H,6-7,10,12H2,1-2H3,(H2,30,31,32,34,36)/t21?,22-/m0/s1. The second-order valence-electron chi connectivity index (χ2n) is 10.6. The molecule has 8 nitrogen and oxygen atoms in total. The number of aliphatic hydroxyl groups is 1. The zero-order chi connectivity index (χ0) is 25.7. The molecule has 2 fully saturated rings. The molecule has 2 atom stereocenters. The van der Waals surface area contributed by atoms with Crippen molar-refractivity contribution in [2.75, 3.05) is 10.6 Å². The van der Waals surface area contributed by atoms with Gasteiger partial charge < -0.3 is 20.1 Å². The number of fused-ring (bicyclic) bond motifs is 1. The third-order valence-corrected chi connectivity index (χ3v) is 7.34. The maximum absolute atomic E-state index is 12.8. The van der Waals surface area contributed by atoms with E-state index in [2.05, 4.69) is 32.9 Å². The Balaban J connectivity index is 1.12. The lowest BCUT2D eigenvalue weighted by atomic mass is 9.97. The van der Waals surface area contributed by atoms with Crippen LogP contribution in [0.2, 0.25) is 5.02 Å². The Kier molecular flexibility index (Phi) is 5.88. The normalized spacial score (nSPS) is 19.1. The minimum atomic E-state index is -0.991. The Morgan fingerprint density at radius 3 is 2.70 bits per heavy atom. The molecule has 37 heavy (non-hydrogen) atoms. The highest BCUT2D eigenvalue weighted by molar-refractivity contribution is 6.30. The van der Waals surface area contributed by atoms with E-state index >= 15 is 0 Å². The molecule has 6 rings (SSSR count). The average Bonchev–Trinajstić information content (AvgIpc) is 3.78. The largest absolute Gasteiger partial charge is 0.386 e. The maximum atomic E-state index is 12.8. The van der Waals surface area contributed by atoms with Crippen LogP contribution < -0.4 is 10.6 Å². The summed E-state index contributed by atoms with van der Waals surface area (Å²) in [6.07, 6.45) is 8.70. The Labute approximate surface area is 220 Å². The molecule has 0 aliphatic heterocycles. The Morgan fingerprint density at radius 1 is 1.14 bits per heavy atom. The van der Waals surface area contributed by atoms with Gasteiger partial charge in [0.2, 0.25) is 5.91 Å². The molecular weight excluding hydrogens is 488 g/mol. The summed E-state index contributed by atoms with van der Waals surface area (Å²) in [7, 11) is 0. The van der Waals surface area contributed by atoms with E-state index in [1.165, 1.54) is 24.7 Å². The number of hydrogen-bond donors (Lipinski definition) is 3. The maximum Gasteiger partial charge on any atom is 0.229 e. The first-order chi connectivity index (χ1) is 17.7. The number of imidazole rings is 1. The van der Waals surface area contributed by atoms with Crippen LogP contribution in [0.15, 0.2) is 55.1 Å². The van der Waals surface area contributed by atoms with Gasteiger partial charge in [-0.3, -0.25) is 4.79 Å². The fraction of sp³-hybridized carbons (Fsp3) is 0.357. The van der Waals surface area contributed by atoms with Gasteiger partial charge in [0.25, 0.3) is 0 Å². The summed E-state index contributed by atoms with van der Waals surface area (Å²) in [5.41, 5.74) is 3.74. The van der Waals surface area contributed by atoms with Gasteiger partial charge in [0.15, 0.2) is 0 Å². The molecule has 0 bridgehead atoms. The van der Waals surface area contributed by atoms with Crippen LogP contribution in [-0.4, -0.2) is 30.4 Å². The van der Waals surface area contributed by atoms with Crippen LogP contribution in [0.5, 0.6) is 0 Å². The number of halogens is 1. The average molecular weight is 517 g/mol. The first-order valence-corrected chi connectivity index (χ1v) is 13.0. The quantitative estimate of drug-likeness (QED) is 0.296. The summed E-state index contributed by atoms with van der Waals surface area (Å²) in [6, 6.07) is 11.5. The van der Waals surface area contributed by atoms with E-state index in [-0.39, 0.29) is 17.7 Å². The van der Waals surface area contributed by atoms with Crippen molar-refractivity contribution in [1.29, 1.82) is 0 Å². The van der Waals surface area contributed by atoms with Crippen LogP contribution in [0.25, 0.3) is 5.65 Å². The molecule has 2 aliphatic rings. The minimum Gasteiger partial charge on any atom is -0.386 e. The number of carbonyl (C=O) groups is 1. The number of carbonyl (C=O) groups excluding carboxylic acids is 1. The molecule has 1 amide bonds. The smallest absolute Gasteiger partial charge is 0.229 e. The Morgan fingerprint density at radius 2 is 1.95 bits per heavy atom. The third kappa shape index (κ3) is 5.17. The summed E-state index contributed by atoms with van der Waals surface area (Å²) < 4.78 is 2.01. The highest BCUT2D eigenvalue weighted by Gasteiger charge is 2.44. The van der Waals surface area contributed by atoms with Crippen LogP contribution in [0.4, 0.5) is 11.6 Å². The molecule has 1 aromatic carbocycles. The number of amides is 1. The number of nitrogens with zero attached hydrogens (tertiary/aromatic N) is 4. The number of aromatic nitrogens is 4. The molecule has 2 saturated carbocycles. The number of benzene rings is 1. The molecule has 0 saturated heterocycles. The number of rotatable bonds is 8. The highest BCUT2D eigenvalue weighted by Crippen LogP contribution is 2.48. The monoisotopic (exact) mass is 516 g/mol. The van der Waals surface area contributed by atoms with Crippen LogP contribution in [0, 0.1) is 5.92 Å². The summed E-state index contributed by atoms with van der Waals surface area (Å²) in [5.74, 6) is 1.65. The Hall–Kier alpha value is -3.49. The number of anilines is 2. The lowest BCUT2D eigenvalue weighted by Crippen LogP contribution is -2.17. The van der Waals surface area contributed by atoms with E-state index in [9.17, 15) is 9.90 Å². The molecule has 1 unspecified atom stereocenters. The van der Waals surface area contributed by atoms with E-state index in [0.717, 1.165) is 28.9 Å². The van der Waals surface area contributed by atoms with Gasteiger partial charge in [0, 0.05) is 35.0 Å². The van der Waals surface area contributed by atoms with Gasteiger partial charge in [-0.2, -0.15) is 0 Å². The zero-order valence-corrected chi connectivity index (χ0v) is 21.5. The molecule has 0 spiro atoms. The van der Waals surface area contributed by atoms with Gasteiger partial charge in [-0.1, -0.05) is 23.7 Å². The predicted molar refractivity (Wildman–Crippen MR) is 143 cm³/mol. The summed E-state index contributed by atoms with van der Waals surface area (Å²) in [5, 5.41) is 17.6. The minimum absolute atomic E-state index is 0.0550. The van der Waals surface area contributed by atoms with Gasteiger partial charge >= 0.3 is 0 Å². The van der Waals surface area contributed by atoms with Crippen LogP contribution in [0.3, 0.4) is 0 Å². The molecule has 2 aliphatic carbocycles. The zero-order valence-electron chi connectivity index (χ0n) is 20.8. The van der Waals surface area contributed by atoms with E-state index in [4.69, 9.17) is 16.6 Å². The van der Waals surface area contributed by atoms with E-state index < -0.39 is 5.60 Å². The predicted octanol–water partition coefficient (Wildman–Crippen LogP) is 5.24. The van der Waals surface area contributed by atoms with E-state index in [1.54, 1.807) is 19.9 Å². The van der Waals surface area contributed by atoms with Gasteiger partial charge in [0.05, 0.1) is 17.8 Å². The van der Waals surface area contributed by atoms with Gasteiger partial charge in [-0.15, -0.1) is 0 Å². The van der Waals surface area contributed by atoms with Crippen LogP contribution in [0.1, 0.15) is 67.3 Å². The molecule has 9 heteroatoms. The molecule has 190 valence electrons. The van der Waals surface area contributed by atoms with E-state index in [0.29, 0.717) is 29.1 Å². The number of pyridine rings is 1. The molecule has 3 heterocycles. The van der Waals surface area contributed by atoms with Crippen molar-refractivity contribution in [3.05, 3.63) is 82.5 Å². The fourth-order valence-electron chi connectivity index (χ4n) is 4.86.